The van der Waals surface area contributed by atoms with Gasteiger partial charge in [0.15, 0.2) is 0 Å². The van der Waals surface area contributed by atoms with Crippen LogP contribution in [0.15, 0.2) is 24.3 Å². The number of rotatable bonds is 4. The van der Waals surface area contributed by atoms with Crippen LogP contribution >= 0.6 is 0 Å². The van der Waals surface area contributed by atoms with Crippen LogP contribution in [-0.2, 0) is 9.53 Å². The molecule has 0 unspecified atom stereocenters. The van der Waals surface area contributed by atoms with Gasteiger partial charge in [-0.15, -0.1) is 0 Å². The minimum absolute atomic E-state index is 0.000936. The van der Waals surface area contributed by atoms with Gasteiger partial charge < -0.3 is 19.9 Å². The Hall–Kier alpha value is -1.50. The molecule has 6 heteroatoms. The predicted octanol–water partition coefficient (Wildman–Crippen LogP) is 1.63. The molecule has 0 aromatic heterocycles. The Balaban J connectivity index is 1.82. The Kier molecular flexibility index (Phi) is 5.18. The van der Waals surface area contributed by atoms with Crippen LogP contribution in [0.5, 0.6) is 0 Å². The maximum Gasteiger partial charge on any atom is 0.241 e. The second-order valence-corrected chi connectivity index (χ2v) is 7.08. The molecule has 0 saturated carbocycles. The van der Waals surface area contributed by atoms with Gasteiger partial charge in [-0.2, -0.15) is 0 Å². The first kappa shape index (κ1) is 17.3. The third kappa shape index (κ3) is 3.77. The zero-order chi connectivity index (χ0) is 17.2. The highest BCUT2D eigenvalue weighted by molar-refractivity contribution is 5.95. The number of carbonyl (C=O) groups excluding carboxylic acids is 1. The van der Waals surface area contributed by atoms with Crippen molar-refractivity contribution in [3.63, 3.8) is 0 Å². The molecular weight excluding hydrogens is 309 g/mol. The molecule has 0 radical (unpaired) electrons. The summed E-state index contributed by atoms with van der Waals surface area (Å²) in [6.45, 7) is 2.77. The lowest BCUT2D eigenvalue weighted by Crippen LogP contribution is -2.47. The van der Waals surface area contributed by atoms with Crippen LogP contribution in [0.1, 0.15) is 19.3 Å². The van der Waals surface area contributed by atoms with Crippen molar-refractivity contribution in [2.24, 2.45) is 0 Å². The van der Waals surface area contributed by atoms with Crippen molar-refractivity contribution in [1.82, 2.24) is 10.2 Å². The third-order valence-corrected chi connectivity index (χ3v) is 4.89. The van der Waals surface area contributed by atoms with Crippen molar-refractivity contribution in [3.05, 3.63) is 30.1 Å². The monoisotopic (exact) mass is 335 g/mol. The smallest absolute Gasteiger partial charge is 0.241 e. The zero-order valence-corrected chi connectivity index (χ0v) is 14.4. The Morgan fingerprint density at radius 3 is 2.58 bits per heavy atom. The number of ether oxygens (including phenoxy) is 1. The van der Waals surface area contributed by atoms with Gasteiger partial charge in [0.2, 0.25) is 5.91 Å². The maximum atomic E-state index is 13.3. The van der Waals surface area contributed by atoms with Gasteiger partial charge in [-0.05, 0) is 70.7 Å². The second-order valence-electron chi connectivity index (χ2n) is 7.08. The van der Waals surface area contributed by atoms with E-state index >= 15 is 0 Å². The molecule has 1 aromatic carbocycles. The van der Waals surface area contributed by atoms with Crippen molar-refractivity contribution >= 4 is 11.6 Å². The molecule has 0 bridgehead atoms. The number of nitrogens with zero attached hydrogens (tertiary/aromatic N) is 2. The molecule has 5 nitrogen and oxygen atoms in total. The van der Waals surface area contributed by atoms with E-state index in [4.69, 9.17) is 4.74 Å². The van der Waals surface area contributed by atoms with E-state index in [1.807, 2.05) is 19.0 Å². The molecule has 132 valence electrons. The van der Waals surface area contributed by atoms with Crippen LogP contribution in [-0.4, -0.2) is 62.8 Å². The van der Waals surface area contributed by atoms with Gasteiger partial charge in [0.05, 0.1) is 24.8 Å². The lowest BCUT2D eigenvalue weighted by Gasteiger charge is -2.34. The first-order valence-electron chi connectivity index (χ1n) is 8.56. The molecule has 0 aliphatic carbocycles. The molecule has 1 aromatic rings. The fraction of sp³-hybridized carbons (Fsp3) is 0.611. The van der Waals surface area contributed by atoms with Gasteiger partial charge in [0, 0.05) is 5.69 Å². The van der Waals surface area contributed by atoms with Crippen molar-refractivity contribution in [1.29, 1.82) is 0 Å². The Bertz CT molecular complexity index is 570. The minimum Gasteiger partial charge on any atom is -0.373 e. The molecule has 3 rings (SSSR count). The molecular formula is C18H26FN3O2. The van der Waals surface area contributed by atoms with Crippen molar-refractivity contribution < 1.29 is 13.9 Å². The van der Waals surface area contributed by atoms with Gasteiger partial charge >= 0.3 is 0 Å². The standard InChI is InChI=1S/C18H26FN3O2/c1-21(2)12-17(23)22(15-5-3-14(19)4-6-15)16-11-18(24-13-16)7-9-20-10-8-18/h3-6,16,20H,7-13H2,1-2H3/t16-/m0/s1. The van der Waals surface area contributed by atoms with Gasteiger partial charge in [0.1, 0.15) is 5.82 Å². The lowest BCUT2D eigenvalue weighted by atomic mass is 9.88. The number of piperidine rings is 1. The third-order valence-electron chi connectivity index (χ3n) is 4.89. The molecule has 2 saturated heterocycles. The summed E-state index contributed by atoms with van der Waals surface area (Å²) >= 11 is 0. The number of anilines is 1. The number of carbonyl (C=O) groups is 1. The minimum atomic E-state index is -0.295. The number of hydrogen-bond acceptors (Lipinski definition) is 4. The van der Waals surface area contributed by atoms with Crippen molar-refractivity contribution in [2.45, 2.75) is 30.9 Å². The molecule has 24 heavy (non-hydrogen) atoms. The number of likely N-dealkylation sites (N-methyl/N-ethyl adjacent to an activating group) is 1. The highest BCUT2D eigenvalue weighted by Gasteiger charge is 2.44. The SMILES string of the molecule is CN(C)CC(=O)N(c1ccc(F)cc1)[C@@H]1COC2(CCNCC2)C1. The first-order chi connectivity index (χ1) is 11.5. The number of halogens is 1. The summed E-state index contributed by atoms with van der Waals surface area (Å²) in [6.07, 6.45) is 2.79. The summed E-state index contributed by atoms with van der Waals surface area (Å²) in [5.41, 5.74) is 0.620. The average molecular weight is 335 g/mol. The summed E-state index contributed by atoms with van der Waals surface area (Å²) in [7, 11) is 3.75. The molecule has 1 spiro atoms. The number of amides is 1. The molecule has 2 aliphatic rings. The summed E-state index contributed by atoms with van der Waals surface area (Å²) in [5, 5.41) is 3.36. The first-order valence-corrected chi connectivity index (χ1v) is 8.56. The van der Waals surface area contributed by atoms with E-state index in [2.05, 4.69) is 5.32 Å². The highest BCUT2D eigenvalue weighted by atomic mass is 19.1. The van der Waals surface area contributed by atoms with E-state index in [9.17, 15) is 9.18 Å². The lowest BCUT2D eigenvalue weighted by molar-refractivity contribution is -0.119. The van der Waals surface area contributed by atoms with E-state index in [-0.39, 0.29) is 23.4 Å². The van der Waals surface area contributed by atoms with E-state index in [0.717, 1.165) is 38.0 Å². The quantitative estimate of drug-likeness (QED) is 0.908. The maximum absolute atomic E-state index is 13.3. The van der Waals surface area contributed by atoms with Crippen LogP contribution in [0, 0.1) is 5.82 Å². The molecule has 2 heterocycles. The molecule has 1 atom stereocenters. The van der Waals surface area contributed by atoms with Crippen molar-refractivity contribution in [2.75, 3.05) is 45.2 Å². The second kappa shape index (κ2) is 7.17. The van der Waals surface area contributed by atoms with Gasteiger partial charge in [0.25, 0.3) is 0 Å². The van der Waals surface area contributed by atoms with Gasteiger partial charge in [-0.25, -0.2) is 4.39 Å². The van der Waals surface area contributed by atoms with E-state index in [1.165, 1.54) is 12.1 Å². The normalized spacial score (nSPS) is 22.9. The Morgan fingerprint density at radius 2 is 1.96 bits per heavy atom. The molecule has 2 aliphatic heterocycles. The molecule has 1 amide bonds. The number of benzene rings is 1. The number of nitrogens with one attached hydrogen (secondary N) is 1. The van der Waals surface area contributed by atoms with E-state index in [0.29, 0.717) is 13.2 Å². The summed E-state index contributed by atoms with van der Waals surface area (Å²) in [5.74, 6) is -0.276. The zero-order valence-electron chi connectivity index (χ0n) is 14.4. The van der Waals surface area contributed by atoms with Crippen LogP contribution in [0.3, 0.4) is 0 Å². The number of hydrogen-bond donors (Lipinski definition) is 1. The van der Waals surface area contributed by atoms with E-state index in [1.54, 1.807) is 17.0 Å². The summed E-state index contributed by atoms with van der Waals surface area (Å²) in [4.78, 5) is 16.5. The summed E-state index contributed by atoms with van der Waals surface area (Å²) in [6, 6.07) is 6.16. The van der Waals surface area contributed by atoms with Crippen LogP contribution in [0.4, 0.5) is 10.1 Å². The van der Waals surface area contributed by atoms with Gasteiger partial charge in [-0.1, -0.05) is 0 Å². The molecule has 2 fully saturated rings. The Morgan fingerprint density at radius 1 is 1.29 bits per heavy atom. The fourth-order valence-electron chi connectivity index (χ4n) is 3.72. The summed E-state index contributed by atoms with van der Waals surface area (Å²) < 4.78 is 19.4. The van der Waals surface area contributed by atoms with Crippen LogP contribution in [0.2, 0.25) is 0 Å². The molecule has 1 N–H and O–H groups in total. The van der Waals surface area contributed by atoms with E-state index < -0.39 is 0 Å². The van der Waals surface area contributed by atoms with Crippen molar-refractivity contribution in [3.8, 4) is 0 Å². The fourth-order valence-corrected chi connectivity index (χ4v) is 3.72. The van der Waals surface area contributed by atoms with Gasteiger partial charge in [-0.3, -0.25) is 4.79 Å². The largest absolute Gasteiger partial charge is 0.373 e. The average Bonchev–Trinajstić information content (AvgIpc) is 2.92. The van der Waals surface area contributed by atoms with Crippen LogP contribution in [0.25, 0.3) is 0 Å². The predicted molar refractivity (Wildman–Crippen MR) is 91.6 cm³/mol. The topological polar surface area (TPSA) is 44.8 Å². The Labute approximate surface area is 142 Å². The van der Waals surface area contributed by atoms with Crippen LogP contribution < -0.4 is 10.2 Å². The highest BCUT2D eigenvalue weighted by Crippen LogP contribution is 2.37.